The van der Waals surface area contributed by atoms with Crippen molar-refractivity contribution in [2.24, 2.45) is 0 Å². The van der Waals surface area contributed by atoms with Crippen LogP contribution >= 0.6 is 0 Å². The van der Waals surface area contributed by atoms with E-state index < -0.39 is 22.0 Å². The molecule has 10 heteroatoms. The van der Waals surface area contributed by atoms with Gasteiger partial charge in [0.2, 0.25) is 10.0 Å². The van der Waals surface area contributed by atoms with Gasteiger partial charge in [-0.25, -0.2) is 12.7 Å². The summed E-state index contributed by atoms with van der Waals surface area (Å²) in [5.74, 6) is 0.606. The zero-order valence-electron chi connectivity index (χ0n) is 20.2. The Kier molecular flexibility index (Phi) is 7.27. The van der Waals surface area contributed by atoms with E-state index in [0.717, 1.165) is 4.31 Å². The molecule has 0 spiro atoms. The van der Waals surface area contributed by atoms with Crippen LogP contribution in [-0.2, 0) is 14.8 Å². The van der Waals surface area contributed by atoms with Crippen LogP contribution in [0.25, 0.3) is 0 Å². The molecule has 0 radical (unpaired) electrons. The SMILES string of the molecule is CC1Oc2ccc(NC(=O)c3ccc(S(=O)(=O)N(C)C)cc3)cc2N(CCOc2ccccc2)C1=O. The first-order valence-corrected chi connectivity index (χ1v) is 12.7. The summed E-state index contributed by atoms with van der Waals surface area (Å²) in [6.07, 6.45) is -0.647. The average molecular weight is 510 g/mol. The third-order valence-electron chi connectivity index (χ3n) is 5.65. The molecule has 1 N–H and O–H groups in total. The van der Waals surface area contributed by atoms with Crippen LogP contribution in [0.5, 0.6) is 11.5 Å². The monoisotopic (exact) mass is 509 g/mol. The number of anilines is 2. The molecule has 188 valence electrons. The van der Waals surface area contributed by atoms with Crippen molar-refractivity contribution in [1.29, 1.82) is 0 Å². The Hall–Kier alpha value is -3.89. The number of hydrogen-bond acceptors (Lipinski definition) is 6. The van der Waals surface area contributed by atoms with Gasteiger partial charge in [-0.1, -0.05) is 18.2 Å². The van der Waals surface area contributed by atoms with Crippen LogP contribution in [-0.4, -0.2) is 57.9 Å². The third-order valence-corrected chi connectivity index (χ3v) is 7.48. The molecule has 0 saturated carbocycles. The summed E-state index contributed by atoms with van der Waals surface area (Å²) in [5.41, 5.74) is 1.28. The minimum atomic E-state index is -3.59. The van der Waals surface area contributed by atoms with Crippen LogP contribution in [0.15, 0.2) is 77.7 Å². The number of hydrogen-bond donors (Lipinski definition) is 1. The maximum atomic E-state index is 12.9. The van der Waals surface area contributed by atoms with E-state index >= 15 is 0 Å². The molecule has 36 heavy (non-hydrogen) atoms. The lowest BCUT2D eigenvalue weighted by molar-refractivity contribution is -0.125. The van der Waals surface area contributed by atoms with E-state index in [4.69, 9.17) is 9.47 Å². The average Bonchev–Trinajstić information content (AvgIpc) is 2.87. The normalized spacial score (nSPS) is 15.3. The van der Waals surface area contributed by atoms with Crippen LogP contribution < -0.4 is 19.7 Å². The Balaban J connectivity index is 1.49. The predicted octanol–water partition coefficient (Wildman–Crippen LogP) is 3.38. The maximum absolute atomic E-state index is 12.9. The van der Waals surface area contributed by atoms with Crippen molar-refractivity contribution < 1.29 is 27.5 Å². The number of para-hydroxylation sites is 1. The topological polar surface area (TPSA) is 105 Å². The Bertz CT molecular complexity index is 1360. The van der Waals surface area contributed by atoms with E-state index in [1.807, 2.05) is 30.3 Å². The highest BCUT2D eigenvalue weighted by Crippen LogP contribution is 2.36. The van der Waals surface area contributed by atoms with Gasteiger partial charge in [0, 0.05) is 25.3 Å². The first kappa shape index (κ1) is 25.2. The fraction of sp³-hybridized carbons (Fsp3) is 0.231. The lowest BCUT2D eigenvalue weighted by Gasteiger charge is -2.33. The van der Waals surface area contributed by atoms with Crippen molar-refractivity contribution in [2.75, 3.05) is 37.5 Å². The number of nitrogens with one attached hydrogen (secondary N) is 1. The minimum Gasteiger partial charge on any atom is -0.492 e. The molecule has 1 heterocycles. The molecule has 9 nitrogen and oxygen atoms in total. The van der Waals surface area contributed by atoms with Gasteiger partial charge in [-0.15, -0.1) is 0 Å². The maximum Gasteiger partial charge on any atom is 0.267 e. The smallest absolute Gasteiger partial charge is 0.267 e. The molecule has 0 aromatic heterocycles. The van der Waals surface area contributed by atoms with Crippen molar-refractivity contribution in [3.05, 3.63) is 78.4 Å². The molecule has 1 unspecified atom stereocenters. The number of amides is 2. The van der Waals surface area contributed by atoms with Crippen LogP contribution in [0.1, 0.15) is 17.3 Å². The lowest BCUT2D eigenvalue weighted by Crippen LogP contribution is -2.46. The van der Waals surface area contributed by atoms with E-state index in [2.05, 4.69) is 5.32 Å². The zero-order chi connectivity index (χ0) is 25.9. The van der Waals surface area contributed by atoms with Crippen LogP contribution in [0.2, 0.25) is 0 Å². The van der Waals surface area contributed by atoms with Crippen molar-refractivity contribution in [3.8, 4) is 11.5 Å². The van der Waals surface area contributed by atoms with E-state index in [0.29, 0.717) is 35.0 Å². The molecule has 1 aliphatic heterocycles. The Labute approximate surface area is 210 Å². The number of nitrogens with zero attached hydrogens (tertiary/aromatic N) is 2. The quantitative estimate of drug-likeness (QED) is 0.499. The van der Waals surface area contributed by atoms with E-state index in [1.165, 1.54) is 38.4 Å². The summed E-state index contributed by atoms with van der Waals surface area (Å²) in [6, 6.07) is 20.1. The predicted molar refractivity (Wildman–Crippen MR) is 136 cm³/mol. The number of carbonyl (C=O) groups is 2. The van der Waals surface area contributed by atoms with E-state index in [1.54, 1.807) is 30.0 Å². The van der Waals surface area contributed by atoms with Gasteiger partial charge in [-0.05, 0) is 61.5 Å². The van der Waals surface area contributed by atoms with Crippen molar-refractivity contribution in [2.45, 2.75) is 17.9 Å². The fourth-order valence-corrected chi connectivity index (χ4v) is 4.58. The molecule has 1 atom stereocenters. The fourth-order valence-electron chi connectivity index (χ4n) is 3.68. The molecule has 3 aromatic rings. The van der Waals surface area contributed by atoms with Gasteiger partial charge < -0.3 is 19.7 Å². The number of fused-ring (bicyclic) bond motifs is 1. The minimum absolute atomic E-state index is 0.0935. The molecule has 0 fully saturated rings. The first-order valence-electron chi connectivity index (χ1n) is 11.3. The molecule has 0 saturated heterocycles. The van der Waals surface area contributed by atoms with Gasteiger partial charge in [0.25, 0.3) is 11.8 Å². The Morgan fingerprint density at radius 2 is 1.75 bits per heavy atom. The summed E-state index contributed by atoms with van der Waals surface area (Å²) in [4.78, 5) is 27.3. The second-order valence-electron chi connectivity index (χ2n) is 8.36. The molecule has 2 amide bonds. The van der Waals surface area contributed by atoms with Crippen LogP contribution in [0.3, 0.4) is 0 Å². The summed E-state index contributed by atoms with van der Waals surface area (Å²) >= 11 is 0. The van der Waals surface area contributed by atoms with Crippen LogP contribution in [0, 0.1) is 0 Å². The molecule has 4 rings (SSSR count). The third kappa shape index (κ3) is 5.34. The number of ether oxygens (including phenoxy) is 2. The highest BCUT2D eigenvalue weighted by Gasteiger charge is 2.31. The lowest BCUT2D eigenvalue weighted by atomic mass is 10.1. The van der Waals surface area contributed by atoms with Gasteiger partial charge in [0.05, 0.1) is 17.1 Å². The van der Waals surface area contributed by atoms with Gasteiger partial charge >= 0.3 is 0 Å². The summed E-state index contributed by atoms with van der Waals surface area (Å²) in [5, 5.41) is 2.79. The molecular formula is C26H27N3O6S. The number of rotatable bonds is 8. The first-order chi connectivity index (χ1) is 17.2. The molecule has 0 bridgehead atoms. The number of benzene rings is 3. The van der Waals surface area contributed by atoms with Gasteiger partial charge in [0.15, 0.2) is 6.10 Å². The second kappa shape index (κ2) is 10.4. The van der Waals surface area contributed by atoms with Crippen molar-refractivity contribution >= 4 is 33.2 Å². The molecule has 3 aromatic carbocycles. The second-order valence-corrected chi connectivity index (χ2v) is 10.5. The molecule has 0 aliphatic carbocycles. The summed E-state index contributed by atoms with van der Waals surface area (Å²) < 4.78 is 37.1. The Morgan fingerprint density at radius 3 is 2.42 bits per heavy atom. The highest BCUT2D eigenvalue weighted by atomic mass is 32.2. The van der Waals surface area contributed by atoms with Gasteiger partial charge in [-0.3, -0.25) is 9.59 Å². The molecular weight excluding hydrogens is 482 g/mol. The van der Waals surface area contributed by atoms with E-state index in [-0.39, 0.29) is 17.4 Å². The highest BCUT2D eigenvalue weighted by molar-refractivity contribution is 7.89. The van der Waals surface area contributed by atoms with Gasteiger partial charge in [0.1, 0.15) is 18.1 Å². The Morgan fingerprint density at radius 1 is 1.06 bits per heavy atom. The largest absolute Gasteiger partial charge is 0.492 e. The number of carbonyl (C=O) groups excluding carboxylic acids is 2. The van der Waals surface area contributed by atoms with Crippen molar-refractivity contribution in [1.82, 2.24) is 4.31 Å². The van der Waals surface area contributed by atoms with Crippen molar-refractivity contribution in [3.63, 3.8) is 0 Å². The standard InChI is InChI=1S/C26H27N3O6S/c1-18-26(31)29(15-16-34-21-7-5-4-6-8-21)23-17-20(11-14-24(23)35-18)27-25(30)19-9-12-22(13-10-19)36(32,33)28(2)3/h4-14,17-18H,15-16H2,1-3H3,(H,27,30). The summed E-state index contributed by atoms with van der Waals surface area (Å²) in [6.45, 7) is 2.26. The summed E-state index contributed by atoms with van der Waals surface area (Å²) in [7, 11) is -0.704. The molecule has 1 aliphatic rings. The van der Waals surface area contributed by atoms with Gasteiger partial charge in [-0.2, -0.15) is 0 Å². The zero-order valence-corrected chi connectivity index (χ0v) is 21.0. The van der Waals surface area contributed by atoms with E-state index in [9.17, 15) is 18.0 Å². The number of sulfonamides is 1. The van der Waals surface area contributed by atoms with Crippen LogP contribution in [0.4, 0.5) is 11.4 Å².